The molecule has 0 saturated heterocycles. The molecule has 1 saturated carbocycles. The Bertz CT molecular complexity index is 1200. The normalized spacial score (nSPS) is 18.2. The molecule has 3 aromatic rings. The fourth-order valence-electron chi connectivity index (χ4n) is 4.25. The molecular weight excluding hydrogens is 420 g/mol. The molecule has 2 aromatic carbocycles. The number of rotatable bonds is 10. The highest BCUT2D eigenvalue weighted by atomic mass is 32.2. The van der Waals surface area contributed by atoms with Gasteiger partial charge >= 0.3 is 0 Å². The lowest BCUT2D eigenvalue weighted by Crippen LogP contribution is -2.14. The minimum Gasteiger partial charge on any atom is -0.309 e. The van der Waals surface area contributed by atoms with E-state index >= 15 is 0 Å². The largest absolute Gasteiger partial charge is 0.309 e. The highest BCUT2D eigenvalue weighted by Gasteiger charge is 2.43. The maximum atomic E-state index is 12.8. The van der Waals surface area contributed by atoms with Crippen molar-refractivity contribution in [2.45, 2.75) is 36.5 Å². The van der Waals surface area contributed by atoms with Crippen molar-refractivity contribution >= 4 is 26.4 Å². The molecule has 0 radical (unpaired) electrons. The Kier molecular flexibility index (Phi) is 6.72. The number of hydrogen-bond acceptors (Lipinski definition) is 5. The van der Waals surface area contributed by atoms with E-state index in [-0.39, 0.29) is 23.4 Å². The maximum Gasteiger partial charge on any atom is 0.178 e. The van der Waals surface area contributed by atoms with Crippen LogP contribution in [-0.4, -0.2) is 50.5 Å². The van der Waals surface area contributed by atoms with Crippen LogP contribution in [-0.2, 0) is 21.1 Å². The number of Topliss-reactive ketones (excluding diaryl/α,β-unsaturated/α-hetero) is 1. The summed E-state index contributed by atoms with van der Waals surface area (Å²) < 4.78 is 25.1. The van der Waals surface area contributed by atoms with Gasteiger partial charge in [-0.05, 0) is 80.5 Å². The molecule has 0 amide bonds. The van der Waals surface area contributed by atoms with E-state index in [2.05, 4.69) is 16.0 Å². The first-order valence-corrected chi connectivity index (χ1v) is 12.8. The molecule has 32 heavy (non-hydrogen) atoms. The molecule has 1 fully saturated rings. The van der Waals surface area contributed by atoms with Crippen LogP contribution in [0.1, 0.15) is 36.3 Å². The van der Waals surface area contributed by atoms with Gasteiger partial charge in [-0.1, -0.05) is 30.3 Å². The van der Waals surface area contributed by atoms with E-state index in [1.807, 2.05) is 50.6 Å². The van der Waals surface area contributed by atoms with Gasteiger partial charge in [0.05, 0.1) is 10.6 Å². The molecule has 6 heteroatoms. The third-order valence-corrected chi connectivity index (χ3v) is 8.04. The van der Waals surface area contributed by atoms with Gasteiger partial charge in [-0.15, -0.1) is 0 Å². The van der Waals surface area contributed by atoms with Crippen LogP contribution >= 0.6 is 0 Å². The molecule has 4 rings (SSSR count). The number of nitrogens with zero attached hydrogens (tertiary/aromatic N) is 2. The number of aromatic nitrogens is 1. The number of ketones is 1. The average Bonchev–Trinajstić information content (AvgIpc) is 3.58. The molecule has 1 aliphatic carbocycles. The molecule has 168 valence electrons. The van der Waals surface area contributed by atoms with Gasteiger partial charge in [0.25, 0.3) is 0 Å². The zero-order valence-electron chi connectivity index (χ0n) is 18.7. The number of fused-ring (bicyclic) bond motifs is 1. The monoisotopic (exact) mass is 450 g/mol. The van der Waals surface area contributed by atoms with Crippen LogP contribution in [0.15, 0.2) is 65.8 Å². The second kappa shape index (κ2) is 9.51. The smallest absolute Gasteiger partial charge is 0.178 e. The van der Waals surface area contributed by atoms with E-state index in [0.717, 1.165) is 41.3 Å². The fourth-order valence-corrected chi connectivity index (χ4v) is 5.63. The van der Waals surface area contributed by atoms with Gasteiger partial charge in [0.2, 0.25) is 0 Å². The van der Waals surface area contributed by atoms with Crippen LogP contribution in [0.5, 0.6) is 0 Å². The minimum absolute atomic E-state index is 0.0247. The Balaban J connectivity index is 1.33. The molecule has 1 heterocycles. The number of benzene rings is 2. The zero-order valence-corrected chi connectivity index (χ0v) is 19.5. The molecule has 1 aliphatic rings. The van der Waals surface area contributed by atoms with Crippen LogP contribution in [0.25, 0.3) is 10.8 Å². The molecule has 0 N–H and O–H groups in total. The summed E-state index contributed by atoms with van der Waals surface area (Å²) in [5.41, 5.74) is 2.08. The predicted molar refractivity (Wildman–Crippen MR) is 128 cm³/mol. The van der Waals surface area contributed by atoms with E-state index < -0.39 is 9.84 Å². The third kappa shape index (κ3) is 5.43. The van der Waals surface area contributed by atoms with Crippen LogP contribution in [0.2, 0.25) is 0 Å². The van der Waals surface area contributed by atoms with E-state index in [9.17, 15) is 13.2 Å². The van der Waals surface area contributed by atoms with Gasteiger partial charge in [-0.3, -0.25) is 9.78 Å². The first-order chi connectivity index (χ1) is 15.3. The second-order valence-electron chi connectivity index (χ2n) is 9.05. The Morgan fingerprint density at radius 1 is 1.03 bits per heavy atom. The van der Waals surface area contributed by atoms with Crippen molar-refractivity contribution in [3.05, 3.63) is 72.1 Å². The lowest BCUT2D eigenvalue weighted by molar-refractivity contribution is -0.119. The van der Waals surface area contributed by atoms with Crippen LogP contribution in [0.4, 0.5) is 0 Å². The van der Waals surface area contributed by atoms with E-state index in [1.54, 1.807) is 18.3 Å². The summed E-state index contributed by atoms with van der Waals surface area (Å²) >= 11 is 0. The van der Waals surface area contributed by atoms with Crippen molar-refractivity contribution in [2.24, 2.45) is 5.92 Å². The van der Waals surface area contributed by atoms with Crippen molar-refractivity contribution in [1.82, 2.24) is 9.88 Å². The Hall–Kier alpha value is -2.57. The summed E-state index contributed by atoms with van der Waals surface area (Å²) in [5.74, 6) is 0.647. The van der Waals surface area contributed by atoms with Crippen LogP contribution in [0.3, 0.4) is 0 Å². The van der Waals surface area contributed by atoms with E-state index in [4.69, 9.17) is 0 Å². The van der Waals surface area contributed by atoms with Gasteiger partial charge < -0.3 is 4.90 Å². The summed E-state index contributed by atoms with van der Waals surface area (Å²) in [5, 5.41) is 2.16. The van der Waals surface area contributed by atoms with Crippen molar-refractivity contribution in [3.63, 3.8) is 0 Å². The first-order valence-electron chi connectivity index (χ1n) is 11.2. The van der Waals surface area contributed by atoms with Gasteiger partial charge in [0.15, 0.2) is 9.84 Å². The number of hydrogen-bond donors (Lipinski definition) is 0. The van der Waals surface area contributed by atoms with Gasteiger partial charge in [0, 0.05) is 30.1 Å². The number of unbranched alkanes of at least 4 members (excludes halogenated alkanes) is 1. The summed E-state index contributed by atoms with van der Waals surface area (Å²) in [6.45, 7) is 0.891. The van der Waals surface area contributed by atoms with Crippen molar-refractivity contribution in [2.75, 3.05) is 26.4 Å². The fraction of sp³-hybridized carbons (Fsp3) is 0.385. The summed E-state index contributed by atoms with van der Waals surface area (Å²) in [6.07, 6.45) is 6.38. The van der Waals surface area contributed by atoms with E-state index in [0.29, 0.717) is 17.7 Å². The summed E-state index contributed by atoms with van der Waals surface area (Å²) in [7, 11) is 0.719. The highest BCUT2D eigenvalue weighted by molar-refractivity contribution is 7.91. The molecule has 0 spiro atoms. The lowest BCUT2D eigenvalue weighted by Gasteiger charge is -2.09. The van der Waals surface area contributed by atoms with Crippen molar-refractivity contribution in [3.8, 4) is 0 Å². The number of pyridine rings is 1. The van der Waals surface area contributed by atoms with E-state index in [1.165, 1.54) is 0 Å². The van der Waals surface area contributed by atoms with Gasteiger partial charge in [0.1, 0.15) is 5.78 Å². The second-order valence-corrected chi connectivity index (χ2v) is 11.2. The number of sulfone groups is 1. The topological polar surface area (TPSA) is 67.3 Å². The SMILES string of the molecule is CN(C)CCCCS(=O)(=O)c1ccc(C2C[C@H]2C(=O)Cc2ccc3cnccc3c2)cc1. The van der Waals surface area contributed by atoms with Gasteiger partial charge in [-0.2, -0.15) is 0 Å². The molecular formula is C26H30N2O3S. The Morgan fingerprint density at radius 2 is 1.81 bits per heavy atom. The Labute approximate surface area is 190 Å². The zero-order chi connectivity index (χ0) is 22.7. The Morgan fingerprint density at radius 3 is 2.56 bits per heavy atom. The van der Waals surface area contributed by atoms with Gasteiger partial charge in [-0.25, -0.2) is 8.42 Å². The standard InChI is InChI=1S/C26H30N2O3S/c1-28(2)13-3-4-14-32(30,31)23-9-7-20(8-10-23)24-17-25(24)26(29)16-19-5-6-22-18-27-12-11-21(22)15-19/h5-12,15,18,24-25H,3-4,13-14,16-17H2,1-2H3/t24?,25-/m1/s1. The first kappa shape index (κ1) is 22.6. The molecule has 0 aliphatic heterocycles. The highest BCUT2D eigenvalue weighted by Crippen LogP contribution is 2.48. The van der Waals surface area contributed by atoms with Crippen LogP contribution in [0, 0.1) is 5.92 Å². The predicted octanol–water partition coefficient (Wildman–Crippen LogP) is 4.27. The van der Waals surface area contributed by atoms with Crippen molar-refractivity contribution in [1.29, 1.82) is 0 Å². The average molecular weight is 451 g/mol. The number of carbonyl (C=O) groups is 1. The summed E-state index contributed by atoms with van der Waals surface area (Å²) in [4.78, 5) is 19.4. The third-order valence-electron chi connectivity index (χ3n) is 6.22. The molecule has 0 bridgehead atoms. The molecule has 5 nitrogen and oxygen atoms in total. The maximum absolute atomic E-state index is 12.8. The molecule has 2 atom stereocenters. The number of carbonyl (C=O) groups excluding carboxylic acids is 1. The summed E-state index contributed by atoms with van der Waals surface area (Å²) in [6, 6.07) is 15.2. The molecule has 1 unspecified atom stereocenters. The molecule has 1 aromatic heterocycles. The van der Waals surface area contributed by atoms with Crippen LogP contribution < -0.4 is 0 Å². The quantitative estimate of drug-likeness (QED) is 0.432. The minimum atomic E-state index is -3.26. The lowest BCUT2D eigenvalue weighted by atomic mass is 10.0. The van der Waals surface area contributed by atoms with Crippen molar-refractivity contribution < 1.29 is 13.2 Å².